The summed E-state index contributed by atoms with van der Waals surface area (Å²) in [6.07, 6.45) is 8.75. The Hall–Kier alpha value is -2.43. The Kier molecular flexibility index (Phi) is 6.43. The predicted octanol–water partition coefficient (Wildman–Crippen LogP) is 3.00. The molecular weight excluding hydrogens is 386 g/mol. The molecule has 8 nitrogen and oxygen atoms in total. The van der Waals surface area contributed by atoms with E-state index in [-0.39, 0.29) is 15.9 Å². The number of nitrogens with one attached hydrogen (secondary N) is 1. The molecule has 0 saturated carbocycles. The molecule has 0 aromatic carbocycles. The van der Waals surface area contributed by atoms with Crippen molar-refractivity contribution in [3.63, 3.8) is 0 Å². The van der Waals surface area contributed by atoms with Gasteiger partial charge in [-0.3, -0.25) is 0 Å². The average Bonchev–Trinajstić information content (AvgIpc) is 3.18. The summed E-state index contributed by atoms with van der Waals surface area (Å²) >= 11 is 1.24. The highest BCUT2D eigenvalue weighted by molar-refractivity contribution is 7.91. The van der Waals surface area contributed by atoms with Crippen LogP contribution in [0.25, 0.3) is 11.6 Å². The third-order valence-electron chi connectivity index (χ3n) is 3.58. The lowest BCUT2D eigenvalue weighted by molar-refractivity contribution is 0.258. The Morgan fingerprint density at radius 3 is 2.59 bits per heavy atom. The van der Waals surface area contributed by atoms with Gasteiger partial charge in [0, 0.05) is 29.5 Å². The van der Waals surface area contributed by atoms with E-state index in [1.807, 2.05) is 6.07 Å². The second-order valence-electron chi connectivity index (χ2n) is 5.66. The molecule has 0 unspecified atom stereocenters. The van der Waals surface area contributed by atoms with Gasteiger partial charge < -0.3 is 4.84 Å². The molecule has 0 aliphatic rings. The first-order chi connectivity index (χ1) is 13.1. The molecule has 0 fully saturated rings. The highest BCUT2D eigenvalue weighted by Gasteiger charge is 2.18. The van der Waals surface area contributed by atoms with Gasteiger partial charge >= 0.3 is 0 Å². The third kappa shape index (κ3) is 5.28. The lowest BCUT2D eigenvalue weighted by atomic mass is 10.2. The molecule has 0 atom stereocenters. The molecule has 0 amide bonds. The SMILES string of the molecule is CCCCCc1ccc(S(=O)(=O)NOc2ccnc(-c3ncccn3)n2)s1. The van der Waals surface area contributed by atoms with Crippen molar-refractivity contribution in [2.75, 3.05) is 0 Å². The van der Waals surface area contributed by atoms with Crippen LogP contribution in [0, 0.1) is 0 Å². The van der Waals surface area contributed by atoms with Gasteiger partial charge in [-0.05, 0) is 35.9 Å². The van der Waals surface area contributed by atoms with Crippen LogP contribution in [0.15, 0.2) is 47.1 Å². The zero-order chi connectivity index (χ0) is 19.1. The van der Waals surface area contributed by atoms with E-state index >= 15 is 0 Å². The Labute approximate surface area is 161 Å². The lowest BCUT2D eigenvalue weighted by Crippen LogP contribution is -2.27. The quantitative estimate of drug-likeness (QED) is 0.431. The Bertz CT molecular complexity index is 977. The van der Waals surface area contributed by atoms with Gasteiger partial charge in [0.05, 0.1) is 0 Å². The fourth-order valence-corrected chi connectivity index (χ4v) is 4.41. The first-order valence-electron chi connectivity index (χ1n) is 8.46. The second-order valence-corrected chi connectivity index (χ2v) is 8.70. The minimum atomic E-state index is -3.79. The second kappa shape index (κ2) is 8.98. The van der Waals surface area contributed by atoms with Crippen LogP contribution in [-0.2, 0) is 16.4 Å². The van der Waals surface area contributed by atoms with Crippen LogP contribution in [0.4, 0.5) is 0 Å². The number of hydrogen-bond donors (Lipinski definition) is 1. The highest BCUT2D eigenvalue weighted by atomic mass is 32.2. The van der Waals surface area contributed by atoms with E-state index in [9.17, 15) is 8.42 Å². The van der Waals surface area contributed by atoms with Gasteiger partial charge in [-0.25, -0.2) is 23.4 Å². The van der Waals surface area contributed by atoms with Crippen molar-refractivity contribution in [3.05, 3.63) is 47.7 Å². The highest BCUT2D eigenvalue weighted by Crippen LogP contribution is 2.23. The number of hydrogen-bond acceptors (Lipinski definition) is 8. The zero-order valence-corrected chi connectivity index (χ0v) is 16.3. The Morgan fingerprint density at radius 2 is 1.81 bits per heavy atom. The minimum Gasteiger partial charge on any atom is -0.373 e. The van der Waals surface area contributed by atoms with Gasteiger partial charge in [0.15, 0.2) is 5.82 Å². The number of thiophene rings is 1. The number of rotatable bonds is 9. The number of aryl methyl sites for hydroxylation is 1. The van der Waals surface area contributed by atoms with Crippen LogP contribution in [0.3, 0.4) is 0 Å². The van der Waals surface area contributed by atoms with E-state index in [4.69, 9.17) is 4.84 Å². The fraction of sp³-hybridized carbons (Fsp3) is 0.294. The number of aromatic nitrogens is 4. The van der Waals surface area contributed by atoms with E-state index < -0.39 is 10.0 Å². The molecule has 0 radical (unpaired) electrons. The first kappa shape index (κ1) is 19.3. The molecule has 0 bridgehead atoms. The summed E-state index contributed by atoms with van der Waals surface area (Å²) in [6.45, 7) is 2.13. The summed E-state index contributed by atoms with van der Waals surface area (Å²) in [5.74, 6) is 0.609. The standard InChI is InChI=1S/C17H19N5O3S2/c1-2-3-4-6-13-7-8-15(26-13)27(23,24)22-25-14-9-12-20-17(21-14)16-18-10-5-11-19-16/h5,7-12,22H,2-4,6H2,1H3. The molecule has 0 aliphatic heterocycles. The van der Waals surface area contributed by atoms with Crippen LogP contribution in [0.5, 0.6) is 5.88 Å². The molecule has 3 aromatic heterocycles. The maximum absolute atomic E-state index is 12.4. The van der Waals surface area contributed by atoms with Gasteiger partial charge in [0.1, 0.15) is 4.21 Å². The maximum Gasteiger partial charge on any atom is 0.281 e. The molecule has 10 heteroatoms. The molecule has 142 valence electrons. The van der Waals surface area contributed by atoms with Gasteiger partial charge in [-0.1, -0.05) is 19.8 Å². The van der Waals surface area contributed by atoms with E-state index in [0.717, 1.165) is 30.6 Å². The summed E-state index contributed by atoms with van der Waals surface area (Å²) in [5.41, 5.74) is 0. The third-order valence-corrected chi connectivity index (χ3v) is 6.40. The molecule has 27 heavy (non-hydrogen) atoms. The molecule has 1 N–H and O–H groups in total. The Balaban J connectivity index is 1.65. The predicted molar refractivity (Wildman–Crippen MR) is 102 cm³/mol. The zero-order valence-electron chi connectivity index (χ0n) is 14.7. The normalized spacial score (nSPS) is 11.4. The molecule has 0 aliphatic carbocycles. The number of unbranched alkanes of at least 4 members (excludes halogenated alkanes) is 2. The van der Waals surface area contributed by atoms with E-state index in [2.05, 4.69) is 31.7 Å². The summed E-state index contributed by atoms with van der Waals surface area (Å²) < 4.78 is 25.0. The van der Waals surface area contributed by atoms with Gasteiger partial charge in [-0.15, -0.1) is 11.3 Å². The van der Waals surface area contributed by atoms with Gasteiger partial charge in [0.25, 0.3) is 10.0 Å². The number of sulfonamides is 1. The van der Waals surface area contributed by atoms with E-state index in [1.165, 1.54) is 23.6 Å². The first-order valence-corrected chi connectivity index (χ1v) is 10.8. The van der Waals surface area contributed by atoms with Crippen LogP contribution in [0.1, 0.15) is 31.1 Å². The molecule has 3 aromatic rings. The molecule has 0 saturated heterocycles. The average molecular weight is 406 g/mol. The minimum absolute atomic E-state index is 0.0516. The van der Waals surface area contributed by atoms with Crippen molar-refractivity contribution in [2.45, 2.75) is 36.8 Å². The van der Waals surface area contributed by atoms with Crippen molar-refractivity contribution in [1.82, 2.24) is 24.8 Å². The van der Waals surface area contributed by atoms with Gasteiger partial charge in [0.2, 0.25) is 11.7 Å². The van der Waals surface area contributed by atoms with Gasteiger partial charge in [-0.2, -0.15) is 4.98 Å². The molecule has 0 spiro atoms. The van der Waals surface area contributed by atoms with Crippen molar-refractivity contribution in [1.29, 1.82) is 0 Å². The van der Waals surface area contributed by atoms with Crippen LogP contribution < -0.4 is 9.72 Å². The lowest BCUT2D eigenvalue weighted by Gasteiger charge is -2.06. The van der Waals surface area contributed by atoms with Crippen molar-refractivity contribution in [3.8, 4) is 17.5 Å². The van der Waals surface area contributed by atoms with Crippen molar-refractivity contribution >= 4 is 21.4 Å². The van der Waals surface area contributed by atoms with Crippen LogP contribution in [-0.4, -0.2) is 28.4 Å². The topological polar surface area (TPSA) is 107 Å². The molecular formula is C17H19N5O3S2. The van der Waals surface area contributed by atoms with E-state index in [1.54, 1.807) is 24.5 Å². The molecule has 3 heterocycles. The van der Waals surface area contributed by atoms with Crippen molar-refractivity contribution < 1.29 is 13.3 Å². The summed E-state index contributed by atoms with van der Waals surface area (Å²) in [5, 5.41) is 0. The smallest absolute Gasteiger partial charge is 0.281 e. The Morgan fingerprint density at radius 1 is 1.04 bits per heavy atom. The monoisotopic (exact) mass is 405 g/mol. The summed E-state index contributed by atoms with van der Waals surface area (Å²) in [6, 6.07) is 6.54. The van der Waals surface area contributed by atoms with Crippen molar-refractivity contribution in [2.24, 2.45) is 0 Å². The van der Waals surface area contributed by atoms with E-state index in [0.29, 0.717) is 5.82 Å². The van der Waals surface area contributed by atoms with Crippen LogP contribution in [0.2, 0.25) is 0 Å². The number of nitrogens with zero attached hydrogens (tertiary/aromatic N) is 4. The fourth-order valence-electron chi connectivity index (χ4n) is 2.25. The molecule has 3 rings (SSSR count). The summed E-state index contributed by atoms with van der Waals surface area (Å²) in [7, 11) is -3.79. The maximum atomic E-state index is 12.4. The van der Waals surface area contributed by atoms with Crippen LogP contribution >= 0.6 is 11.3 Å². The largest absolute Gasteiger partial charge is 0.373 e. The summed E-state index contributed by atoms with van der Waals surface area (Å²) in [4.78, 5) is 24.6.